The molecule has 1 aliphatic rings. The number of nitrogens with zero attached hydrogens (tertiary/aromatic N) is 2. The average Bonchev–Trinajstić information content (AvgIpc) is 2.83. The molecule has 0 saturated carbocycles. The summed E-state index contributed by atoms with van der Waals surface area (Å²) >= 11 is 0. The molecule has 0 spiro atoms. The molecular formula is C27H28F2N2O5. The van der Waals surface area contributed by atoms with Crippen LogP contribution in [-0.2, 0) is 11.2 Å². The molecule has 1 heterocycles. The van der Waals surface area contributed by atoms with Gasteiger partial charge in [-0.3, -0.25) is 4.79 Å². The smallest absolute Gasteiger partial charge is 0.387 e. The molecule has 9 heteroatoms. The largest absolute Gasteiger partial charge is 0.493 e. The van der Waals surface area contributed by atoms with Crippen LogP contribution in [0.2, 0.25) is 0 Å². The Morgan fingerprint density at radius 1 is 1.17 bits per heavy atom. The third kappa shape index (κ3) is 6.16. The van der Waals surface area contributed by atoms with Gasteiger partial charge in [0.25, 0.3) is 0 Å². The second-order valence-corrected chi connectivity index (χ2v) is 8.68. The lowest BCUT2D eigenvalue weighted by molar-refractivity contribution is -0.115. The summed E-state index contributed by atoms with van der Waals surface area (Å²) in [5.74, 6) is -0.604. The van der Waals surface area contributed by atoms with Crippen LogP contribution in [0.3, 0.4) is 0 Å². The molecule has 1 aliphatic carbocycles. The van der Waals surface area contributed by atoms with Gasteiger partial charge in [-0.05, 0) is 59.7 Å². The normalized spacial score (nSPS) is 15.6. The number of aromatic carboxylic acids is 1. The Labute approximate surface area is 208 Å². The van der Waals surface area contributed by atoms with Gasteiger partial charge < -0.3 is 19.5 Å². The number of methoxy groups -OCH3 is 1. The van der Waals surface area contributed by atoms with Crippen molar-refractivity contribution in [2.75, 3.05) is 21.2 Å². The van der Waals surface area contributed by atoms with Crippen LogP contribution < -0.4 is 9.47 Å². The van der Waals surface area contributed by atoms with E-state index in [2.05, 4.69) is 11.7 Å². The van der Waals surface area contributed by atoms with Gasteiger partial charge in [-0.2, -0.15) is 8.78 Å². The number of carbonyl (C=O) groups is 2. The van der Waals surface area contributed by atoms with E-state index in [9.17, 15) is 23.5 Å². The highest BCUT2D eigenvalue weighted by Gasteiger charge is 2.28. The molecule has 1 aromatic heterocycles. The van der Waals surface area contributed by atoms with Gasteiger partial charge in [0, 0.05) is 19.5 Å². The van der Waals surface area contributed by atoms with Crippen LogP contribution in [0, 0.1) is 5.92 Å². The van der Waals surface area contributed by atoms with E-state index < -0.39 is 12.6 Å². The first-order valence-electron chi connectivity index (χ1n) is 11.2. The maximum atomic E-state index is 12.6. The van der Waals surface area contributed by atoms with Crippen LogP contribution in [-0.4, -0.2) is 55.2 Å². The van der Waals surface area contributed by atoms with E-state index in [1.165, 1.54) is 18.1 Å². The van der Waals surface area contributed by atoms with Crippen LogP contribution in [0.1, 0.15) is 40.5 Å². The molecular weight excluding hydrogens is 470 g/mol. The summed E-state index contributed by atoms with van der Waals surface area (Å²) in [6.45, 7) is -0.881. The van der Waals surface area contributed by atoms with Crippen LogP contribution >= 0.6 is 0 Å². The molecule has 4 rings (SSSR count). The first-order chi connectivity index (χ1) is 17.1. The predicted octanol–water partition coefficient (Wildman–Crippen LogP) is 5.37. The lowest BCUT2D eigenvalue weighted by Gasteiger charge is -2.26. The number of halogens is 2. The molecule has 190 valence electrons. The lowest BCUT2D eigenvalue weighted by Crippen LogP contribution is -2.17. The standard InChI is InChI=1S/C24H21F2NO4.C3H7NO/c1-13-9-15(11-14-7-8-19(31-24(25)26)20(12-14)30-2)22-17(10-13)21(23(28)29)16-5-3-4-6-18(16)27-22;1-4(2)3-5/h3-8,11-13,24H,9-10H2,1-2H3,(H,28,29);3H,1-2H3. The van der Waals surface area contributed by atoms with Gasteiger partial charge in [-0.25, -0.2) is 9.78 Å². The van der Waals surface area contributed by atoms with E-state index >= 15 is 0 Å². The molecule has 36 heavy (non-hydrogen) atoms. The van der Waals surface area contributed by atoms with E-state index in [4.69, 9.17) is 9.72 Å². The fourth-order valence-electron chi connectivity index (χ4n) is 4.15. The zero-order valence-corrected chi connectivity index (χ0v) is 20.5. The molecule has 1 unspecified atom stereocenters. The molecule has 1 atom stereocenters. The molecule has 2 aromatic carbocycles. The summed E-state index contributed by atoms with van der Waals surface area (Å²) in [6.07, 6.45) is 3.99. The second-order valence-electron chi connectivity index (χ2n) is 8.68. The van der Waals surface area contributed by atoms with Gasteiger partial charge in [0.2, 0.25) is 6.41 Å². The van der Waals surface area contributed by atoms with Crippen LogP contribution in [0.25, 0.3) is 22.6 Å². The van der Waals surface area contributed by atoms with Crippen molar-refractivity contribution < 1.29 is 33.0 Å². The average molecular weight is 499 g/mol. The van der Waals surface area contributed by atoms with Crippen molar-refractivity contribution in [3.8, 4) is 11.5 Å². The summed E-state index contributed by atoms with van der Waals surface area (Å²) in [4.78, 5) is 27.8. The number of carboxylic acid groups (broad SMARTS) is 1. The summed E-state index contributed by atoms with van der Waals surface area (Å²) in [5, 5.41) is 10.6. The summed E-state index contributed by atoms with van der Waals surface area (Å²) in [7, 11) is 4.76. The number of amides is 1. The zero-order chi connectivity index (χ0) is 26.4. The van der Waals surface area contributed by atoms with E-state index in [-0.39, 0.29) is 23.0 Å². The zero-order valence-electron chi connectivity index (χ0n) is 20.5. The Morgan fingerprint density at radius 3 is 2.47 bits per heavy atom. The number of carboxylic acids is 1. The second kappa shape index (κ2) is 11.6. The fraction of sp³-hybridized carbons (Fsp3) is 0.296. The van der Waals surface area contributed by atoms with Gasteiger partial charge in [0.05, 0.1) is 23.9 Å². The molecule has 3 aromatic rings. The minimum Gasteiger partial charge on any atom is -0.493 e. The predicted molar refractivity (Wildman–Crippen MR) is 133 cm³/mol. The van der Waals surface area contributed by atoms with Crippen LogP contribution in [0.5, 0.6) is 11.5 Å². The SMILES string of the molecule is CN(C)C=O.COc1cc(C=C2CC(C)Cc3c2nc2ccccc2c3C(=O)O)ccc1OC(F)F. The number of carbonyl (C=O) groups excluding carboxylic acids is 1. The highest BCUT2D eigenvalue weighted by molar-refractivity contribution is 6.06. The Bertz CT molecular complexity index is 1290. The number of aromatic nitrogens is 1. The number of allylic oxidation sites excluding steroid dienone is 1. The van der Waals surface area contributed by atoms with Gasteiger partial charge in [-0.15, -0.1) is 0 Å². The molecule has 0 aliphatic heterocycles. The van der Waals surface area contributed by atoms with Crippen LogP contribution in [0.15, 0.2) is 42.5 Å². The van der Waals surface area contributed by atoms with E-state index in [0.29, 0.717) is 23.0 Å². The minimum atomic E-state index is -2.95. The van der Waals surface area contributed by atoms with Crippen molar-refractivity contribution in [3.05, 3.63) is 64.8 Å². The molecule has 1 amide bonds. The highest BCUT2D eigenvalue weighted by atomic mass is 19.3. The van der Waals surface area contributed by atoms with Crippen molar-refractivity contribution in [2.24, 2.45) is 5.92 Å². The van der Waals surface area contributed by atoms with Crippen molar-refractivity contribution in [1.82, 2.24) is 9.88 Å². The number of ether oxygens (including phenoxy) is 2. The summed E-state index contributed by atoms with van der Waals surface area (Å²) < 4.78 is 34.9. The van der Waals surface area contributed by atoms with E-state index in [1.54, 1.807) is 44.4 Å². The topological polar surface area (TPSA) is 89.0 Å². The van der Waals surface area contributed by atoms with Crippen molar-refractivity contribution in [2.45, 2.75) is 26.4 Å². The van der Waals surface area contributed by atoms with E-state index in [1.807, 2.05) is 12.1 Å². The molecule has 0 radical (unpaired) electrons. The first-order valence-corrected chi connectivity index (χ1v) is 11.2. The number of alkyl halides is 2. The molecule has 1 N–H and O–H groups in total. The molecule has 7 nitrogen and oxygen atoms in total. The van der Waals surface area contributed by atoms with Gasteiger partial charge in [0.1, 0.15) is 0 Å². The minimum absolute atomic E-state index is 0.0469. The molecule has 0 fully saturated rings. The van der Waals surface area contributed by atoms with Crippen molar-refractivity contribution in [3.63, 3.8) is 0 Å². The molecule has 0 saturated heterocycles. The Hall–Kier alpha value is -4.01. The van der Waals surface area contributed by atoms with Crippen LogP contribution in [0.4, 0.5) is 8.78 Å². The van der Waals surface area contributed by atoms with Gasteiger partial charge >= 0.3 is 12.6 Å². The number of rotatable bonds is 6. The Kier molecular flexibility index (Phi) is 8.58. The first kappa shape index (κ1) is 26.6. The number of benzene rings is 2. The lowest BCUT2D eigenvalue weighted by atomic mass is 9.80. The maximum absolute atomic E-state index is 12.6. The Morgan fingerprint density at radius 2 is 1.86 bits per heavy atom. The third-order valence-electron chi connectivity index (χ3n) is 5.59. The number of fused-ring (bicyclic) bond motifs is 2. The summed E-state index contributed by atoms with van der Waals surface area (Å²) in [5.41, 5.74) is 3.92. The number of pyridine rings is 1. The molecule has 0 bridgehead atoms. The van der Waals surface area contributed by atoms with Crippen molar-refractivity contribution in [1.29, 1.82) is 0 Å². The van der Waals surface area contributed by atoms with E-state index in [0.717, 1.165) is 29.5 Å². The highest BCUT2D eigenvalue weighted by Crippen LogP contribution is 2.39. The number of hydrogen-bond acceptors (Lipinski definition) is 5. The number of para-hydroxylation sites is 1. The van der Waals surface area contributed by atoms with Gasteiger partial charge in [0.15, 0.2) is 11.5 Å². The maximum Gasteiger partial charge on any atom is 0.387 e. The third-order valence-corrected chi connectivity index (χ3v) is 5.59. The van der Waals surface area contributed by atoms with Crippen molar-refractivity contribution >= 4 is 34.9 Å². The monoisotopic (exact) mass is 498 g/mol. The summed E-state index contributed by atoms with van der Waals surface area (Å²) in [6, 6.07) is 11.9. The number of hydrogen-bond donors (Lipinski definition) is 1. The van der Waals surface area contributed by atoms with Gasteiger partial charge in [-0.1, -0.05) is 31.2 Å². The Balaban J connectivity index is 0.000000658. The fourth-order valence-corrected chi connectivity index (χ4v) is 4.15. The quantitative estimate of drug-likeness (QED) is 0.460.